The van der Waals surface area contributed by atoms with E-state index in [1.807, 2.05) is 25.1 Å². The van der Waals surface area contributed by atoms with E-state index in [4.69, 9.17) is 0 Å². The van der Waals surface area contributed by atoms with Gasteiger partial charge in [-0.3, -0.25) is 4.79 Å². The van der Waals surface area contributed by atoms with Gasteiger partial charge >= 0.3 is 6.03 Å². The number of hydrogen-bond acceptors (Lipinski definition) is 3. The molecular weight excluding hydrogens is 316 g/mol. The monoisotopic (exact) mass is 340 g/mol. The molecule has 2 amide bonds. The topological polar surface area (TPSA) is 76.0 Å². The summed E-state index contributed by atoms with van der Waals surface area (Å²) >= 11 is 0. The third-order valence-corrected chi connectivity index (χ3v) is 5.64. The van der Waals surface area contributed by atoms with Crippen LogP contribution in [-0.4, -0.2) is 27.9 Å². The molecule has 2 saturated carbocycles. The summed E-state index contributed by atoms with van der Waals surface area (Å²) in [7, 11) is 0. The predicted octanol–water partition coefficient (Wildman–Crippen LogP) is 2.27. The number of aromatic nitrogens is 2. The van der Waals surface area contributed by atoms with Gasteiger partial charge in [0.25, 0.3) is 5.56 Å². The van der Waals surface area contributed by atoms with Crippen LogP contribution in [0.5, 0.6) is 0 Å². The van der Waals surface area contributed by atoms with Gasteiger partial charge < -0.3 is 10.6 Å². The lowest BCUT2D eigenvalue weighted by Crippen LogP contribution is -2.48. The molecule has 6 nitrogen and oxygen atoms in total. The van der Waals surface area contributed by atoms with Crippen molar-refractivity contribution in [2.24, 2.45) is 11.8 Å². The molecule has 2 aliphatic carbocycles. The second kappa shape index (κ2) is 6.50. The first kappa shape index (κ1) is 16.1. The zero-order chi connectivity index (χ0) is 17.4. The first-order chi connectivity index (χ1) is 12.1. The number of amides is 2. The largest absolute Gasteiger partial charge is 0.335 e. The number of carbonyl (C=O) groups is 1. The van der Waals surface area contributed by atoms with E-state index < -0.39 is 0 Å². The lowest BCUT2D eigenvalue weighted by molar-refractivity contribution is 0.226. The van der Waals surface area contributed by atoms with Crippen LogP contribution in [0.15, 0.2) is 35.3 Å². The molecule has 25 heavy (non-hydrogen) atoms. The maximum atomic E-state index is 12.5. The maximum Gasteiger partial charge on any atom is 0.315 e. The van der Waals surface area contributed by atoms with Gasteiger partial charge in [-0.05, 0) is 44.1 Å². The summed E-state index contributed by atoms with van der Waals surface area (Å²) < 4.78 is 1.42. The molecule has 1 heterocycles. The third kappa shape index (κ3) is 3.25. The quantitative estimate of drug-likeness (QED) is 0.896. The Morgan fingerprint density at radius 2 is 2.16 bits per heavy atom. The zero-order valence-electron chi connectivity index (χ0n) is 14.4. The van der Waals surface area contributed by atoms with Crippen LogP contribution in [0, 0.1) is 11.8 Å². The van der Waals surface area contributed by atoms with Crippen molar-refractivity contribution in [1.82, 2.24) is 20.4 Å². The third-order valence-electron chi connectivity index (χ3n) is 5.64. The summed E-state index contributed by atoms with van der Waals surface area (Å²) in [6.45, 7) is 2.25. The van der Waals surface area contributed by atoms with Crippen LogP contribution in [-0.2, 0) is 6.54 Å². The van der Waals surface area contributed by atoms with Crippen LogP contribution < -0.4 is 16.2 Å². The molecule has 1 aromatic heterocycles. The molecular formula is C19H24N4O2. The fourth-order valence-electron chi connectivity index (χ4n) is 4.42. The van der Waals surface area contributed by atoms with Crippen molar-refractivity contribution in [3.05, 3.63) is 40.8 Å². The predicted molar refractivity (Wildman–Crippen MR) is 96.4 cm³/mol. The van der Waals surface area contributed by atoms with Crippen molar-refractivity contribution >= 4 is 16.8 Å². The van der Waals surface area contributed by atoms with Crippen molar-refractivity contribution in [3.8, 4) is 0 Å². The van der Waals surface area contributed by atoms with Crippen LogP contribution in [0.3, 0.4) is 0 Å². The molecule has 0 spiro atoms. The summed E-state index contributed by atoms with van der Waals surface area (Å²) in [5.74, 6) is 1.45. The molecule has 4 rings (SSSR count). The van der Waals surface area contributed by atoms with E-state index >= 15 is 0 Å². The minimum Gasteiger partial charge on any atom is -0.335 e. The Kier molecular flexibility index (Phi) is 4.19. The van der Waals surface area contributed by atoms with E-state index in [1.54, 1.807) is 12.3 Å². The highest BCUT2D eigenvalue weighted by atomic mass is 16.2. The van der Waals surface area contributed by atoms with Crippen LogP contribution in [0.2, 0.25) is 0 Å². The van der Waals surface area contributed by atoms with Crippen molar-refractivity contribution in [1.29, 1.82) is 0 Å². The molecule has 2 N–H and O–H groups in total. The summed E-state index contributed by atoms with van der Waals surface area (Å²) in [4.78, 5) is 24.7. The Hall–Kier alpha value is -2.37. The number of benzene rings is 1. The second-order valence-electron chi connectivity index (χ2n) is 7.52. The average Bonchev–Trinajstić information content (AvgIpc) is 3.20. The number of urea groups is 1. The average molecular weight is 340 g/mol. The number of nitrogens with one attached hydrogen (secondary N) is 2. The van der Waals surface area contributed by atoms with Crippen LogP contribution in [0.4, 0.5) is 4.79 Å². The number of rotatable bonds is 4. The van der Waals surface area contributed by atoms with E-state index in [2.05, 4.69) is 15.7 Å². The van der Waals surface area contributed by atoms with Crippen molar-refractivity contribution in [2.45, 2.75) is 51.2 Å². The van der Waals surface area contributed by atoms with Gasteiger partial charge in [0.2, 0.25) is 0 Å². The van der Waals surface area contributed by atoms with Gasteiger partial charge in [-0.1, -0.05) is 24.6 Å². The Morgan fingerprint density at radius 3 is 2.92 bits per heavy atom. The van der Waals surface area contributed by atoms with E-state index in [0.29, 0.717) is 23.9 Å². The van der Waals surface area contributed by atoms with Gasteiger partial charge in [0, 0.05) is 17.5 Å². The second-order valence-corrected chi connectivity index (χ2v) is 7.52. The summed E-state index contributed by atoms with van der Waals surface area (Å²) in [6.07, 6.45) is 6.62. The lowest BCUT2D eigenvalue weighted by Gasteiger charge is -2.24. The molecule has 0 aliphatic heterocycles. The number of nitrogens with zero attached hydrogens (tertiary/aromatic N) is 2. The van der Waals surface area contributed by atoms with Crippen molar-refractivity contribution in [2.75, 3.05) is 0 Å². The van der Waals surface area contributed by atoms with E-state index in [-0.39, 0.29) is 17.6 Å². The van der Waals surface area contributed by atoms with Gasteiger partial charge in [-0.25, -0.2) is 9.48 Å². The Bertz CT molecular complexity index is 847. The molecule has 2 aromatic rings. The fourth-order valence-corrected chi connectivity index (χ4v) is 4.42. The molecule has 0 saturated heterocycles. The van der Waals surface area contributed by atoms with Gasteiger partial charge in [0.15, 0.2) is 0 Å². The SMILES string of the molecule is CC(Cn1ncc2ccccc2c1=O)NC(=O)NC1CC2CCC1C2. The number of carbonyl (C=O) groups excluding carboxylic acids is 1. The standard InChI is InChI=1S/C19H24N4O2/c1-12(21-19(25)22-17-9-13-6-7-14(17)8-13)11-23-18(24)16-5-3-2-4-15(16)10-20-23/h2-5,10,12-14,17H,6-9,11H2,1H3,(H2,21,22,25). The van der Waals surface area contributed by atoms with Crippen LogP contribution in [0.25, 0.3) is 10.8 Å². The highest BCUT2D eigenvalue weighted by Crippen LogP contribution is 2.44. The van der Waals surface area contributed by atoms with Crippen molar-refractivity contribution < 1.29 is 4.79 Å². The molecule has 2 aliphatic rings. The van der Waals surface area contributed by atoms with Gasteiger partial charge in [0.1, 0.15) is 0 Å². The fraction of sp³-hybridized carbons (Fsp3) is 0.526. The Balaban J connectivity index is 1.37. The molecule has 4 atom stereocenters. The highest BCUT2D eigenvalue weighted by molar-refractivity contribution is 5.80. The summed E-state index contributed by atoms with van der Waals surface area (Å²) in [5, 5.41) is 11.8. The minimum absolute atomic E-state index is 0.125. The van der Waals surface area contributed by atoms with Gasteiger partial charge in [-0.2, -0.15) is 5.10 Å². The zero-order valence-corrected chi connectivity index (χ0v) is 14.4. The van der Waals surface area contributed by atoms with Gasteiger partial charge in [-0.15, -0.1) is 0 Å². The number of hydrogen-bond donors (Lipinski definition) is 2. The van der Waals surface area contributed by atoms with Crippen molar-refractivity contribution in [3.63, 3.8) is 0 Å². The molecule has 6 heteroatoms. The smallest absolute Gasteiger partial charge is 0.315 e. The van der Waals surface area contributed by atoms with Crippen LogP contribution >= 0.6 is 0 Å². The molecule has 4 unspecified atom stereocenters. The molecule has 132 valence electrons. The Morgan fingerprint density at radius 1 is 1.32 bits per heavy atom. The first-order valence-electron chi connectivity index (χ1n) is 9.12. The van der Waals surface area contributed by atoms with Crippen LogP contribution in [0.1, 0.15) is 32.6 Å². The first-order valence-corrected chi connectivity index (χ1v) is 9.12. The maximum absolute atomic E-state index is 12.5. The normalized spacial score (nSPS) is 25.9. The molecule has 2 fully saturated rings. The minimum atomic E-state index is -0.176. The summed E-state index contributed by atoms with van der Waals surface area (Å²) in [5.41, 5.74) is -0.125. The molecule has 0 radical (unpaired) electrons. The number of fused-ring (bicyclic) bond motifs is 3. The van der Waals surface area contributed by atoms with E-state index in [1.165, 1.54) is 23.9 Å². The van der Waals surface area contributed by atoms with E-state index in [0.717, 1.165) is 17.7 Å². The van der Waals surface area contributed by atoms with E-state index in [9.17, 15) is 9.59 Å². The highest BCUT2D eigenvalue weighted by Gasteiger charge is 2.40. The summed E-state index contributed by atoms with van der Waals surface area (Å²) in [6, 6.07) is 7.40. The molecule has 1 aromatic carbocycles. The molecule has 2 bridgehead atoms. The Labute approximate surface area is 146 Å². The lowest BCUT2D eigenvalue weighted by atomic mass is 9.95. The van der Waals surface area contributed by atoms with Gasteiger partial charge in [0.05, 0.1) is 18.1 Å².